The van der Waals surface area contributed by atoms with Crippen molar-refractivity contribution in [3.8, 4) is 11.7 Å². The van der Waals surface area contributed by atoms with Crippen molar-refractivity contribution < 1.29 is 14.0 Å². The van der Waals surface area contributed by atoms with E-state index in [1.807, 2.05) is 0 Å². The molecular formula is C13H22BO3-. The van der Waals surface area contributed by atoms with Crippen LogP contribution in [0.15, 0.2) is 0 Å². The number of hydrogen-bond donors (Lipinski definition) is 0. The Labute approximate surface area is 104 Å². The predicted octanol–water partition coefficient (Wildman–Crippen LogP) is 2.52. The highest BCUT2D eigenvalue weighted by Gasteiger charge is 2.44. The fraction of sp³-hybridized carbons (Fsp3) is 0.846. The molecule has 0 saturated carbocycles. The Morgan fingerprint density at radius 1 is 1.06 bits per heavy atom. The minimum atomic E-state index is -1.73. The summed E-state index contributed by atoms with van der Waals surface area (Å²) >= 11 is 0. The zero-order chi connectivity index (χ0) is 12.2. The van der Waals surface area contributed by atoms with Gasteiger partial charge in [0.25, 0.3) is 0 Å². The van der Waals surface area contributed by atoms with Gasteiger partial charge in [-0.25, -0.2) is 5.82 Å². The average Bonchev–Trinajstić information content (AvgIpc) is 2.36. The van der Waals surface area contributed by atoms with E-state index in [9.17, 15) is 0 Å². The SMILES string of the molecule is CCCCCCC#C[B-]12OCC(C)(CO1)CO2. The molecule has 0 aromatic carbocycles. The van der Waals surface area contributed by atoms with Crippen LogP contribution >= 0.6 is 0 Å². The monoisotopic (exact) mass is 237 g/mol. The molecule has 0 aromatic heterocycles. The minimum Gasteiger partial charge on any atom is -0.533 e. The normalized spacial score (nSPS) is 35.4. The summed E-state index contributed by atoms with van der Waals surface area (Å²) in [5.74, 6) is 6.21. The van der Waals surface area contributed by atoms with Gasteiger partial charge in [0.15, 0.2) is 0 Å². The fourth-order valence-electron chi connectivity index (χ4n) is 2.16. The summed E-state index contributed by atoms with van der Waals surface area (Å²) in [5, 5.41) is 0. The third kappa shape index (κ3) is 3.25. The molecule has 3 fully saturated rings. The molecule has 0 spiro atoms. The van der Waals surface area contributed by atoms with Gasteiger partial charge >= 0.3 is 6.75 Å². The Balaban J connectivity index is 1.77. The maximum Gasteiger partial charge on any atom is 0.456 e. The van der Waals surface area contributed by atoms with Gasteiger partial charge in [-0.1, -0.05) is 33.1 Å². The van der Waals surface area contributed by atoms with Crippen LogP contribution in [-0.4, -0.2) is 26.6 Å². The molecule has 96 valence electrons. The molecule has 3 aliphatic heterocycles. The molecule has 0 aromatic rings. The quantitative estimate of drug-likeness (QED) is 0.427. The van der Waals surface area contributed by atoms with Gasteiger partial charge in [-0.2, -0.15) is 0 Å². The van der Waals surface area contributed by atoms with Gasteiger partial charge in [-0.05, 0) is 6.42 Å². The van der Waals surface area contributed by atoms with Crippen molar-refractivity contribution in [2.45, 2.75) is 46.0 Å². The Kier molecular flexibility index (Phi) is 4.14. The van der Waals surface area contributed by atoms with Crippen molar-refractivity contribution in [2.75, 3.05) is 19.8 Å². The Morgan fingerprint density at radius 3 is 2.29 bits per heavy atom. The summed E-state index contributed by atoms with van der Waals surface area (Å²) in [4.78, 5) is 0. The van der Waals surface area contributed by atoms with Gasteiger partial charge in [0.2, 0.25) is 0 Å². The maximum absolute atomic E-state index is 5.64. The Morgan fingerprint density at radius 2 is 1.71 bits per heavy atom. The lowest BCUT2D eigenvalue weighted by Gasteiger charge is -2.55. The summed E-state index contributed by atoms with van der Waals surface area (Å²) < 4.78 is 16.9. The number of hydrogen-bond acceptors (Lipinski definition) is 3. The van der Waals surface area contributed by atoms with Crippen molar-refractivity contribution in [2.24, 2.45) is 5.41 Å². The van der Waals surface area contributed by atoms with Crippen LogP contribution in [0.2, 0.25) is 0 Å². The summed E-state index contributed by atoms with van der Waals surface area (Å²) in [5.41, 5.74) is 0.0340. The van der Waals surface area contributed by atoms with Crippen LogP contribution in [0.3, 0.4) is 0 Å². The third-order valence-corrected chi connectivity index (χ3v) is 3.39. The van der Waals surface area contributed by atoms with E-state index in [1.165, 1.54) is 19.3 Å². The molecular weight excluding hydrogens is 215 g/mol. The molecule has 0 aliphatic carbocycles. The molecule has 17 heavy (non-hydrogen) atoms. The van der Waals surface area contributed by atoms with E-state index in [0.29, 0.717) is 19.8 Å². The standard InChI is InChI=1S/C13H22BO3/c1-3-4-5-6-7-8-9-14-15-10-13(2,11-16-14)12-17-14/h3-7,10-12H2,1-2H3/q-1. The van der Waals surface area contributed by atoms with Gasteiger partial charge < -0.3 is 14.0 Å². The van der Waals surface area contributed by atoms with Crippen LogP contribution in [0.1, 0.15) is 46.0 Å². The van der Waals surface area contributed by atoms with Crippen molar-refractivity contribution in [3.63, 3.8) is 0 Å². The Bertz CT molecular complexity index is 294. The van der Waals surface area contributed by atoms with E-state index >= 15 is 0 Å². The highest BCUT2D eigenvalue weighted by Crippen LogP contribution is 2.34. The molecule has 3 saturated heterocycles. The first kappa shape index (κ1) is 12.9. The minimum absolute atomic E-state index is 0.0340. The van der Waals surface area contributed by atoms with Gasteiger partial charge in [0.1, 0.15) is 0 Å². The van der Waals surface area contributed by atoms with E-state index in [2.05, 4.69) is 25.6 Å². The molecule has 3 rings (SSSR count). The molecule has 0 unspecified atom stereocenters. The second kappa shape index (κ2) is 5.43. The zero-order valence-electron chi connectivity index (χ0n) is 11.0. The smallest absolute Gasteiger partial charge is 0.456 e. The number of unbranched alkanes of at least 4 members (excludes halogenated alkanes) is 4. The fourth-order valence-corrected chi connectivity index (χ4v) is 2.16. The largest absolute Gasteiger partial charge is 0.533 e. The van der Waals surface area contributed by atoms with Crippen LogP contribution in [-0.2, 0) is 14.0 Å². The van der Waals surface area contributed by atoms with Crippen LogP contribution in [0.4, 0.5) is 0 Å². The van der Waals surface area contributed by atoms with Crippen molar-refractivity contribution in [1.29, 1.82) is 0 Å². The first-order chi connectivity index (χ1) is 8.18. The van der Waals surface area contributed by atoms with Crippen molar-refractivity contribution in [3.05, 3.63) is 0 Å². The summed E-state index contributed by atoms with van der Waals surface area (Å²) in [6.45, 7) is 4.71. The van der Waals surface area contributed by atoms with Crippen molar-refractivity contribution >= 4 is 6.75 Å². The van der Waals surface area contributed by atoms with Crippen LogP contribution < -0.4 is 0 Å². The molecule has 0 N–H and O–H groups in total. The average molecular weight is 237 g/mol. The number of rotatable bonds is 4. The van der Waals surface area contributed by atoms with Crippen molar-refractivity contribution in [1.82, 2.24) is 0 Å². The van der Waals surface area contributed by atoms with E-state index < -0.39 is 6.75 Å². The zero-order valence-corrected chi connectivity index (χ0v) is 11.0. The molecule has 0 atom stereocenters. The molecule has 3 aliphatic rings. The second-order valence-corrected chi connectivity index (χ2v) is 5.52. The van der Waals surface area contributed by atoms with E-state index in [4.69, 9.17) is 14.0 Å². The second-order valence-electron chi connectivity index (χ2n) is 5.52. The molecule has 0 radical (unpaired) electrons. The number of fused-ring (bicyclic) bond motifs is 3. The lowest BCUT2D eigenvalue weighted by molar-refractivity contribution is -0.118. The molecule has 3 heterocycles. The molecule has 4 heteroatoms. The first-order valence-electron chi connectivity index (χ1n) is 6.73. The van der Waals surface area contributed by atoms with Crippen LogP contribution in [0.5, 0.6) is 0 Å². The summed E-state index contributed by atoms with van der Waals surface area (Å²) in [6.07, 6.45) is 5.88. The van der Waals surface area contributed by atoms with E-state index in [1.54, 1.807) is 0 Å². The Hall–Kier alpha value is -0.495. The van der Waals surface area contributed by atoms with E-state index in [0.717, 1.165) is 12.8 Å². The van der Waals surface area contributed by atoms with Gasteiger partial charge in [-0.3, -0.25) is 0 Å². The van der Waals surface area contributed by atoms with Crippen LogP contribution in [0.25, 0.3) is 0 Å². The summed E-state index contributed by atoms with van der Waals surface area (Å²) in [6, 6.07) is 0. The summed E-state index contributed by atoms with van der Waals surface area (Å²) in [7, 11) is 0. The lowest BCUT2D eigenvalue weighted by Crippen LogP contribution is -2.62. The highest BCUT2D eigenvalue weighted by molar-refractivity contribution is 6.70. The first-order valence-corrected chi connectivity index (χ1v) is 6.73. The lowest BCUT2D eigenvalue weighted by atomic mass is 9.72. The third-order valence-electron chi connectivity index (χ3n) is 3.39. The predicted molar refractivity (Wildman–Crippen MR) is 68.3 cm³/mol. The highest BCUT2D eigenvalue weighted by atomic mass is 16.8. The van der Waals surface area contributed by atoms with Gasteiger partial charge in [-0.15, -0.1) is 5.92 Å². The topological polar surface area (TPSA) is 27.7 Å². The van der Waals surface area contributed by atoms with Crippen LogP contribution in [0, 0.1) is 17.2 Å². The molecule has 0 amide bonds. The molecule has 3 nitrogen and oxygen atoms in total. The van der Waals surface area contributed by atoms with E-state index in [-0.39, 0.29) is 5.41 Å². The van der Waals surface area contributed by atoms with Gasteiger partial charge in [0.05, 0.1) is 0 Å². The molecule has 2 bridgehead atoms. The van der Waals surface area contributed by atoms with Gasteiger partial charge in [0, 0.05) is 31.7 Å². The maximum atomic E-state index is 5.64.